The number of aliphatic hydroxyl groups excluding tert-OH is 1. The van der Waals surface area contributed by atoms with E-state index in [1.165, 1.54) is 0 Å². The quantitative estimate of drug-likeness (QED) is 0.516. The highest BCUT2D eigenvalue weighted by Gasteiger charge is 2.27. The van der Waals surface area contributed by atoms with Crippen molar-refractivity contribution in [3.63, 3.8) is 0 Å². The number of para-hydroxylation sites is 1. The summed E-state index contributed by atoms with van der Waals surface area (Å²) in [6.45, 7) is 3.85. The first-order valence-corrected chi connectivity index (χ1v) is 10.4. The molecule has 1 saturated carbocycles. The summed E-state index contributed by atoms with van der Waals surface area (Å²) < 4.78 is 0. The van der Waals surface area contributed by atoms with E-state index in [9.17, 15) is 9.90 Å². The monoisotopic (exact) mass is 405 g/mol. The number of carbonyl (C=O) groups excluding carboxylic acids is 1. The van der Waals surface area contributed by atoms with E-state index >= 15 is 0 Å². The summed E-state index contributed by atoms with van der Waals surface area (Å²) in [5, 5.41) is 16.4. The molecule has 0 aliphatic heterocycles. The van der Waals surface area contributed by atoms with Crippen LogP contribution in [0.1, 0.15) is 47.4 Å². The van der Waals surface area contributed by atoms with Gasteiger partial charge in [0.25, 0.3) is 5.91 Å². The molecule has 0 radical (unpaired) electrons. The van der Waals surface area contributed by atoms with Crippen LogP contribution >= 0.6 is 0 Å². The van der Waals surface area contributed by atoms with Gasteiger partial charge in [0.05, 0.1) is 17.8 Å². The number of hydrogen-bond acceptors (Lipinski definition) is 5. The lowest BCUT2D eigenvalue weighted by Gasteiger charge is -2.28. The number of aryl methyl sites for hydroxylation is 1. The molecular weight excluding hydrogens is 378 g/mol. The predicted octanol–water partition coefficient (Wildman–Crippen LogP) is 3.87. The lowest BCUT2D eigenvalue weighted by atomic mass is 9.92. The van der Waals surface area contributed by atoms with Crippen LogP contribution in [0, 0.1) is 13.8 Å². The normalized spacial score (nSPS) is 18.8. The Bertz CT molecular complexity index is 1030. The molecule has 2 aromatic heterocycles. The van der Waals surface area contributed by atoms with Gasteiger partial charge in [-0.15, -0.1) is 0 Å². The van der Waals surface area contributed by atoms with Gasteiger partial charge in [-0.05, 0) is 50.5 Å². The zero-order valence-electron chi connectivity index (χ0n) is 17.3. The number of anilines is 2. The lowest BCUT2D eigenvalue weighted by molar-refractivity contribution is 0.0713. The van der Waals surface area contributed by atoms with Crippen molar-refractivity contribution in [2.75, 3.05) is 5.32 Å². The largest absolute Gasteiger partial charge is 0.391 e. The fraction of sp³-hybridized carbons (Fsp3) is 0.348. The molecule has 0 bridgehead atoms. The van der Waals surface area contributed by atoms with E-state index in [-0.39, 0.29) is 11.9 Å². The maximum atomic E-state index is 12.9. The van der Waals surface area contributed by atoms with Gasteiger partial charge in [-0.1, -0.05) is 31.0 Å². The third-order valence-electron chi connectivity index (χ3n) is 5.65. The topological polar surface area (TPSA) is 103 Å². The van der Waals surface area contributed by atoms with Crippen LogP contribution in [0.3, 0.4) is 0 Å². The molecule has 1 amide bonds. The summed E-state index contributed by atoms with van der Waals surface area (Å²) in [6, 6.07) is 11.4. The maximum absolute atomic E-state index is 12.9. The molecule has 30 heavy (non-hydrogen) atoms. The molecule has 0 spiro atoms. The molecule has 4 rings (SSSR count). The van der Waals surface area contributed by atoms with Crippen LogP contribution in [0.5, 0.6) is 0 Å². The van der Waals surface area contributed by atoms with Gasteiger partial charge in [-0.3, -0.25) is 4.79 Å². The highest BCUT2D eigenvalue weighted by atomic mass is 16.3. The van der Waals surface area contributed by atoms with Gasteiger partial charge >= 0.3 is 0 Å². The molecule has 1 aliphatic rings. The van der Waals surface area contributed by atoms with Crippen molar-refractivity contribution in [3.8, 4) is 11.3 Å². The first-order valence-electron chi connectivity index (χ1n) is 10.4. The van der Waals surface area contributed by atoms with Gasteiger partial charge in [-0.2, -0.15) is 0 Å². The maximum Gasteiger partial charge on any atom is 0.268 e. The molecule has 2 heterocycles. The average Bonchev–Trinajstić information content (AvgIpc) is 3.05. The zero-order valence-corrected chi connectivity index (χ0v) is 17.3. The van der Waals surface area contributed by atoms with Crippen LogP contribution in [-0.4, -0.2) is 38.1 Å². The number of aliphatic hydroxyl groups is 1. The second-order valence-corrected chi connectivity index (χ2v) is 7.81. The van der Waals surface area contributed by atoms with Gasteiger partial charge in [-0.25, -0.2) is 9.97 Å². The molecule has 4 N–H and O–H groups in total. The Balaban J connectivity index is 1.57. The summed E-state index contributed by atoms with van der Waals surface area (Å²) >= 11 is 0. The number of carbonyl (C=O) groups is 1. The molecule has 3 aromatic rings. The molecule has 7 heteroatoms. The number of aromatic nitrogens is 3. The van der Waals surface area contributed by atoms with E-state index < -0.39 is 6.10 Å². The van der Waals surface area contributed by atoms with Crippen LogP contribution in [0.2, 0.25) is 0 Å². The van der Waals surface area contributed by atoms with E-state index in [1.54, 1.807) is 6.20 Å². The molecule has 2 atom stereocenters. The highest BCUT2D eigenvalue weighted by Crippen LogP contribution is 2.29. The van der Waals surface area contributed by atoms with Crippen molar-refractivity contribution in [1.29, 1.82) is 0 Å². The first kappa shape index (κ1) is 20.1. The molecule has 156 valence electrons. The molecule has 1 fully saturated rings. The number of aromatic amines is 1. The van der Waals surface area contributed by atoms with Crippen molar-refractivity contribution in [2.24, 2.45) is 0 Å². The standard InChI is InChI=1S/C23H27N5O2/c1-14-20(18-12-13-24-23(28-18)26-16-8-4-3-5-9-16)15(2)25-21(14)22(30)27-17-10-6-7-11-19(17)29/h3-5,8-9,12-13,17,19,25,29H,6-7,10-11H2,1-2H3,(H,27,30)(H,24,26,28)/t17?,19-/m1/s1. The fourth-order valence-electron chi connectivity index (χ4n) is 4.09. The van der Waals surface area contributed by atoms with Crippen molar-refractivity contribution < 1.29 is 9.90 Å². The lowest BCUT2D eigenvalue weighted by Crippen LogP contribution is -2.45. The molecule has 1 aromatic carbocycles. The van der Waals surface area contributed by atoms with Crippen molar-refractivity contribution in [1.82, 2.24) is 20.3 Å². The average molecular weight is 406 g/mol. The smallest absolute Gasteiger partial charge is 0.268 e. The number of nitrogens with zero attached hydrogens (tertiary/aromatic N) is 2. The van der Waals surface area contributed by atoms with Crippen molar-refractivity contribution in [3.05, 3.63) is 59.5 Å². The van der Waals surface area contributed by atoms with E-state index in [2.05, 4.69) is 25.6 Å². The Hall–Kier alpha value is -3.19. The number of amides is 1. The Morgan fingerprint density at radius 1 is 1.13 bits per heavy atom. The van der Waals surface area contributed by atoms with Gasteiger partial charge in [0.1, 0.15) is 5.69 Å². The SMILES string of the molecule is Cc1[nH]c(C(=O)NC2CCCC[C@H]2O)c(C)c1-c1ccnc(Nc2ccccc2)n1. The number of H-pyrrole nitrogens is 1. The highest BCUT2D eigenvalue weighted by molar-refractivity contribution is 5.96. The number of hydrogen-bond donors (Lipinski definition) is 4. The van der Waals surface area contributed by atoms with E-state index in [0.29, 0.717) is 11.6 Å². The summed E-state index contributed by atoms with van der Waals surface area (Å²) in [7, 11) is 0. The summed E-state index contributed by atoms with van der Waals surface area (Å²) in [5.41, 5.74) is 4.75. The molecule has 1 aliphatic carbocycles. The number of rotatable bonds is 5. The minimum absolute atomic E-state index is 0.190. The van der Waals surface area contributed by atoms with Crippen LogP contribution in [0.25, 0.3) is 11.3 Å². The summed E-state index contributed by atoms with van der Waals surface area (Å²) in [5.74, 6) is 0.305. The van der Waals surface area contributed by atoms with Crippen LogP contribution < -0.4 is 10.6 Å². The Morgan fingerprint density at radius 2 is 1.90 bits per heavy atom. The van der Waals surface area contributed by atoms with Gasteiger partial charge in [0.2, 0.25) is 5.95 Å². The number of nitrogens with one attached hydrogen (secondary N) is 3. The zero-order chi connectivity index (χ0) is 21.1. The van der Waals surface area contributed by atoms with Crippen LogP contribution in [0.4, 0.5) is 11.6 Å². The first-order chi connectivity index (χ1) is 14.5. The third-order valence-corrected chi connectivity index (χ3v) is 5.65. The molecule has 0 saturated heterocycles. The van der Waals surface area contributed by atoms with E-state index in [4.69, 9.17) is 0 Å². The second-order valence-electron chi connectivity index (χ2n) is 7.81. The number of benzene rings is 1. The van der Waals surface area contributed by atoms with Gasteiger partial charge in [0, 0.05) is 23.1 Å². The van der Waals surface area contributed by atoms with Crippen LogP contribution in [-0.2, 0) is 0 Å². The Labute approximate surface area is 176 Å². The van der Waals surface area contributed by atoms with Gasteiger partial charge < -0.3 is 20.7 Å². The predicted molar refractivity (Wildman–Crippen MR) is 117 cm³/mol. The second kappa shape index (κ2) is 8.67. The van der Waals surface area contributed by atoms with E-state index in [1.807, 2.05) is 50.2 Å². The Kier molecular flexibility index (Phi) is 5.81. The molecular formula is C23H27N5O2. The minimum Gasteiger partial charge on any atom is -0.391 e. The summed E-state index contributed by atoms with van der Waals surface area (Å²) in [6.07, 6.45) is 4.79. The van der Waals surface area contributed by atoms with Crippen LogP contribution in [0.15, 0.2) is 42.6 Å². The summed E-state index contributed by atoms with van der Waals surface area (Å²) in [4.78, 5) is 25.1. The fourth-order valence-corrected chi connectivity index (χ4v) is 4.09. The molecule has 1 unspecified atom stereocenters. The third kappa shape index (κ3) is 4.21. The van der Waals surface area contributed by atoms with Crippen molar-refractivity contribution in [2.45, 2.75) is 51.7 Å². The Morgan fingerprint density at radius 3 is 2.67 bits per heavy atom. The molecule has 7 nitrogen and oxygen atoms in total. The van der Waals surface area contributed by atoms with E-state index in [0.717, 1.165) is 53.9 Å². The minimum atomic E-state index is -0.480. The van der Waals surface area contributed by atoms with Gasteiger partial charge in [0.15, 0.2) is 0 Å². The van der Waals surface area contributed by atoms with Crippen molar-refractivity contribution >= 4 is 17.5 Å².